The Morgan fingerprint density at radius 1 is 1.24 bits per heavy atom. The first kappa shape index (κ1) is 21.7. The van der Waals surface area contributed by atoms with Gasteiger partial charge in [-0.3, -0.25) is 4.79 Å². The number of piperidine rings is 1. The van der Waals surface area contributed by atoms with Crippen molar-refractivity contribution in [2.75, 3.05) is 19.0 Å². The quantitative estimate of drug-likeness (QED) is 0.667. The van der Waals surface area contributed by atoms with E-state index in [4.69, 9.17) is 4.74 Å². The molecule has 1 aliphatic heterocycles. The van der Waals surface area contributed by atoms with E-state index in [0.29, 0.717) is 23.2 Å². The van der Waals surface area contributed by atoms with E-state index in [1.165, 1.54) is 35.7 Å². The summed E-state index contributed by atoms with van der Waals surface area (Å²) in [5, 5.41) is 2.54. The first-order valence-electron chi connectivity index (χ1n) is 9.22. The van der Waals surface area contributed by atoms with Gasteiger partial charge in [-0.05, 0) is 55.3 Å². The van der Waals surface area contributed by atoms with Gasteiger partial charge in [-0.2, -0.15) is 4.31 Å². The number of carbonyl (C=O) groups is 1. The second kappa shape index (κ2) is 9.23. The van der Waals surface area contributed by atoms with Crippen LogP contribution >= 0.6 is 15.9 Å². The average molecular weight is 485 g/mol. The second-order valence-electron chi connectivity index (χ2n) is 6.82. The summed E-state index contributed by atoms with van der Waals surface area (Å²) in [5.74, 6) is -0.415. The minimum absolute atomic E-state index is 0.0368. The maximum absolute atomic E-state index is 14.0. The minimum atomic E-state index is -3.75. The number of amides is 1. The van der Waals surface area contributed by atoms with Crippen LogP contribution in [-0.4, -0.2) is 38.3 Å². The Hall–Kier alpha value is -1.97. The smallest absolute Gasteiger partial charge is 0.243 e. The molecule has 2 aromatic carbocycles. The largest absolute Gasteiger partial charge is 0.497 e. The lowest BCUT2D eigenvalue weighted by molar-refractivity contribution is -0.117. The Kier molecular flexibility index (Phi) is 6.92. The highest BCUT2D eigenvalue weighted by Gasteiger charge is 2.34. The molecular weight excluding hydrogens is 463 g/mol. The van der Waals surface area contributed by atoms with Gasteiger partial charge in [-0.25, -0.2) is 12.8 Å². The molecule has 1 saturated heterocycles. The van der Waals surface area contributed by atoms with E-state index in [9.17, 15) is 17.6 Å². The SMILES string of the molecule is COc1ccc(S(=O)(=O)N2CCCC[C@@H]2CC(=O)Nc2ccc(Br)cc2F)cc1. The summed E-state index contributed by atoms with van der Waals surface area (Å²) in [7, 11) is -2.24. The lowest BCUT2D eigenvalue weighted by atomic mass is 10.0. The van der Waals surface area contributed by atoms with Gasteiger partial charge in [-0.15, -0.1) is 0 Å². The molecule has 1 aliphatic rings. The fourth-order valence-electron chi connectivity index (χ4n) is 3.38. The number of methoxy groups -OCH3 is 1. The van der Waals surface area contributed by atoms with Crippen LogP contribution in [0.15, 0.2) is 51.8 Å². The highest BCUT2D eigenvalue weighted by atomic mass is 79.9. The fourth-order valence-corrected chi connectivity index (χ4v) is 5.41. The fraction of sp³-hybridized carbons (Fsp3) is 0.350. The topological polar surface area (TPSA) is 75.7 Å². The predicted octanol–water partition coefficient (Wildman–Crippen LogP) is 4.17. The maximum atomic E-state index is 14.0. The van der Waals surface area contributed by atoms with E-state index >= 15 is 0 Å². The molecule has 1 atom stereocenters. The molecule has 2 aromatic rings. The standard InChI is InChI=1S/C20H22BrFN2O4S/c1-28-16-6-8-17(9-7-16)29(26,27)24-11-3-2-4-15(24)13-20(25)23-19-10-5-14(21)12-18(19)22/h5-10,12,15H,2-4,11,13H2,1H3,(H,23,25)/t15-/m1/s1. The Labute approximate surface area is 178 Å². The molecule has 29 heavy (non-hydrogen) atoms. The first-order valence-corrected chi connectivity index (χ1v) is 11.5. The van der Waals surface area contributed by atoms with E-state index in [2.05, 4.69) is 21.2 Å². The minimum Gasteiger partial charge on any atom is -0.497 e. The number of hydrogen-bond donors (Lipinski definition) is 1. The molecule has 1 amide bonds. The van der Waals surface area contributed by atoms with E-state index in [1.54, 1.807) is 18.2 Å². The number of nitrogens with zero attached hydrogens (tertiary/aromatic N) is 1. The van der Waals surface area contributed by atoms with Gasteiger partial charge in [0, 0.05) is 23.5 Å². The summed E-state index contributed by atoms with van der Waals surface area (Å²) in [4.78, 5) is 12.6. The monoisotopic (exact) mass is 484 g/mol. The van der Waals surface area contributed by atoms with Crippen LogP contribution in [-0.2, 0) is 14.8 Å². The van der Waals surface area contributed by atoms with Gasteiger partial charge in [0.2, 0.25) is 15.9 Å². The number of carbonyl (C=O) groups excluding carboxylic acids is 1. The third-order valence-electron chi connectivity index (χ3n) is 4.87. The molecule has 0 radical (unpaired) electrons. The van der Waals surface area contributed by atoms with E-state index in [0.717, 1.165) is 12.8 Å². The second-order valence-corrected chi connectivity index (χ2v) is 9.62. The van der Waals surface area contributed by atoms with Crippen LogP contribution in [0.5, 0.6) is 5.75 Å². The van der Waals surface area contributed by atoms with Crippen molar-refractivity contribution in [3.63, 3.8) is 0 Å². The molecular formula is C20H22BrFN2O4S. The molecule has 0 bridgehead atoms. The molecule has 0 saturated carbocycles. The molecule has 3 rings (SSSR count). The molecule has 1 N–H and O–H groups in total. The van der Waals surface area contributed by atoms with Gasteiger partial charge in [0.1, 0.15) is 11.6 Å². The maximum Gasteiger partial charge on any atom is 0.243 e. The summed E-state index contributed by atoms with van der Waals surface area (Å²) in [6, 6.07) is 10.0. The molecule has 9 heteroatoms. The average Bonchev–Trinajstić information content (AvgIpc) is 2.70. The molecule has 0 aromatic heterocycles. The Morgan fingerprint density at radius 2 is 1.97 bits per heavy atom. The van der Waals surface area contributed by atoms with Crippen molar-refractivity contribution in [3.8, 4) is 5.75 Å². The first-order chi connectivity index (χ1) is 13.8. The number of hydrogen-bond acceptors (Lipinski definition) is 4. The summed E-state index contributed by atoms with van der Waals surface area (Å²) in [6.45, 7) is 0.346. The van der Waals surface area contributed by atoms with Crippen molar-refractivity contribution in [2.45, 2.75) is 36.6 Å². The number of benzene rings is 2. The van der Waals surface area contributed by atoms with Gasteiger partial charge < -0.3 is 10.1 Å². The van der Waals surface area contributed by atoms with Crippen LogP contribution in [0.2, 0.25) is 0 Å². The van der Waals surface area contributed by atoms with Crippen molar-refractivity contribution in [1.29, 1.82) is 0 Å². The van der Waals surface area contributed by atoms with Crippen LogP contribution in [0.1, 0.15) is 25.7 Å². The van der Waals surface area contributed by atoms with Crippen molar-refractivity contribution in [1.82, 2.24) is 4.31 Å². The van der Waals surface area contributed by atoms with Gasteiger partial charge >= 0.3 is 0 Å². The van der Waals surface area contributed by atoms with Crippen molar-refractivity contribution in [2.24, 2.45) is 0 Å². The molecule has 156 valence electrons. The molecule has 0 unspecified atom stereocenters. The van der Waals surface area contributed by atoms with Crippen molar-refractivity contribution in [3.05, 3.63) is 52.8 Å². The van der Waals surface area contributed by atoms with Gasteiger partial charge in [0.25, 0.3) is 0 Å². The van der Waals surface area contributed by atoms with E-state index in [1.807, 2.05) is 0 Å². The highest BCUT2D eigenvalue weighted by Crippen LogP contribution is 2.28. The third-order valence-corrected chi connectivity index (χ3v) is 7.32. The number of rotatable bonds is 6. The zero-order valence-electron chi connectivity index (χ0n) is 15.9. The summed E-state index contributed by atoms with van der Waals surface area (Å²) < 4.78 is 47.2. The van der Waals surface area contributed by atoms with Crippen molar-refractivity contribution >= 4 is 37.5 Å². The van der Waals surface area contributed by atoms with Gasteiger partial charge in [0.15, 0.2) is 0 Å². The molecule has 0 aliphatic carbocycles. The van der Waals surface area contributed by atoms with Crippen LogP contribution in [0.3, 0.4) is 0 Å². The van der Waals surface area contributed by atoms with Crippen LogP contribution < -0.4 is 10.1 Å². The Morgan fingerprint density at radius 3 is 2.62 bits per heavy atom. The predicted molar refractivity (Wildman–Crippen MR) is 112 cm³/mol. The number of anilines is 1. The van der Waals surface area contributed by atoms with E-state index < -0.39 is 27.8 Å². The van der Waals surface area contributed by atoms with Gasteiger partial charge in [-0.1, -0.05) is 22.4 Å². The van der Waals surface area contributed by atoms with Crippen LogP contribution in [0.25, 0.3) is 0 Å². The van der Waals surface area contributed by atoms with Crippen LogP contribution in [0, 0.1) is 5.82 Å². The van der Waals surface area contributed by atoms with Crippen molar-refractivity contribution < 1.29 is 22.3 Å². The third kappa shape index (κ3) is 5.15. The zero-order valence-corrected chi connectivity index (χ0v) is 18.3. The molecule has 6 nitrogen and oxygen atoms in total. The van der Waals surface area contributed by atoms with Gasteiger partial charge in [0.05, 0.1) is 17.7 Å². The normalized spacial score (nSPS) is 17.7. The lowest BCUT2D eigenvalue weighted by Crippen LogP contribution is -2.45. The molecule has 1 heterocycles. The molecule has 0 spiro atoms. The van der Waals surface area contributed by atoms with Crippen LogP contribution in [0.4, 0.5) is 10.1 Å². The number of nitrogens with one attached hydrogen (secondary N) is 1. The Bertz CT molecular complexity index is 982. The summed E-state index contributed by atoms with van der Waals surface area (Å²) >= 11 is 3.17. The lowest BCUT2D eigenvalue weighted by Gasteiger charge is -2.34. The number of sulfonamides is 1. The summed E-state index contributed by atoms with van der Waals surface area (Å²) in [6.07, 6.45) is 2.10. The Balaban J connectivity index is 1.75. The summed E-state index contributed by atoms with van der Waals surface area (Å²) in [5.41, 5.74) is 0.0681. The number of halogens is 2. The zero-order chi connectivity index (χ0) is 21.0. The van der Waals surface area contributed by atoms with E-state index in [-0.39, 0.29) is 17.0 Å². The highest BCUT2D eigenvalue weighted by molar-refractivity contribution is 9.10. The number of ether oxygens (including phenoxy) is 1. The molecule has 1 fully saturated rings.